The van der Waals surface area contributed by atoms with Crippen molar-refractivity contribution in [1.29, 1.82) is 0 Å². The first-order valence-electron chi connectivity index (χ1n) is 5.96. The lowest BCUT2D eigenvalue weighted by Gasteiger charge is -2.26. The number of nitrogens with zero attached hydrogens (tertiary/aromatic N) is 2. The van der Waals surface area contributed by atoms with Crippen LogP contribution in [-0.2, 0) is 11.2 Å². The van der Waals surface area contributed by atoms with E-state index in [1.54, 1.807) is 5.01 Å². The van der Waals surface area contributed by atoms with Crippen LogP contribution < -0.4 is 10.7 Å². The zero-order chi connectivity index (χ0) is 12.4. The number of hydrogen-bond donors (Lipinski definition) is 1. The van der Waals surface area contributed by atoms with Crippen molar-refractivity contribution in [3.8, 4) is 0 Å². The van der Waals surface area contributed by atoms with E-state index in [-0.39, 0.29) is 11.9 Å². The number of nitrogens with two attached hydrogens (primary N) is 1. The third-order valence-electron chi connectivity index (χ3n) is 3.03. The zero-order valence-electron chi connectivity index (χ0n) is 10.4. The van der Waals surface area contributed by atoms with Gasteiger partial charge in [0.25, 0.3) is 0 Å². The average molecular weight is 233 g/mol. The van der Waals surface area contributed by atoms with Gasteiger partial charge >= 0.3 is 0 Å². The molecule has 1 atom stereocenters. The number of rotatable bonds is 3. The largest absolute Gasteiger partial charge is 0.328 e. The molecule has 0 bridgehead atoms. The van der Waals surface area contributed by atoms with Gasteiger partial charge in [-0.2, -0.15) is 0 Å². The van der Waals surface area contributed by atoms with Crippen LogP contribution in [0.5, 0.6) is 0 Å². The van der Waals surface area contributed by atoms with Gasteiger partial charge in [-0.05, 0) is 31.0 Å². The molecule has 1 aliphatic rings. The van der Waals surface area contributed by atoms with Crippen molar-refractivity contribution in [2.45, 2.75) is 25.8 Å². The summed E-state index contributed by atoms with van der Waals surface area (Å²) in [5, 5.41) is 3.69. The van der Waals surface area contributed by atoms with Gasteiger partial charge in [0.1, 0.15) is 0 Å². The van der Waals surface area contributed by atoms with E-state index in [2.05, 4.69) is 12.1 Å². The molecule has 0 saturated carbocycles. The van der Waals surface area contributed by atoms with Crippen LogP contribution in [-0.4, -0.2) is 30.6 Å². The molecule has 1 fully saturated rings. The molecule has 1 aliphatic heterocycles. The first-order chi connectivity index (χ1) is 8.08. The quantitative estimate of drug-likeness (QED) is 0.852. The number of hydrazine groups is 1. The lowest BCUT2D eigenvalue weighted by molar-refractivity contribution is -0.126. The molecular formula is C13H19N3O. The minimum absolute atomic E-state index is 0.156. The third-order valence-corrected chi connectivity index (χ3v) is 3.03. The highest BCUT2D eigenvalue weighted by molar-refractivity contribution is 5.81. The van der Waals surface area contributed by atoms with Gasteiger partial charge in [-0.15, -0.1) is 0 Å². The van der Waals surface area contributed by atoms with E-state index >= 15 is 0 Å². The molecule has 1 unspecified atom stereocenters. The molecule has 1 aromatic rings. The monoisotopic (exact) mass is 233 g/mol. The van der Waals surface area contributed by atoms with Gasteiger partial charge in [-0.1, -0.05) is 12.1 Å². The molecule has 0 radical (unpaired) electrons. The summed E-state index contributed by atoms with van der Waals surface area (Å²) < 4.78 is 0. The Morgan fingerprint density at radius 2 is 2.24 bits per heavy atom. The molecule has 4 heteroatoms. The van der Waals surface area contributed by atoms with Crippen molar-refractivity contribution >= 4 is 11.6 Å². The first kappa shape index (κ1) is 11.9. The summed E-state index contributed by atoms with van der Waals surface area (Å²) in [7, 11) is 1.81. The minimum Gasteiger partial charge on any atom is -0.328 e. The molecule has 0 spiro atoms. The van der Waals surface area contributed by atoms with Crippen LogP contribution in [0.2, 0.25) is 0 Å². The summed E-state index contributed by atoms with van der Waals surface area (Å²) in [4.78, 5) is 11.5. The summed E-state index contributed by atoms with van der Waals surface area (Å²) >= 11 is 0. The maximum atomic E-state index is 11.5. The predicted octanol–water partition coefficient (Wildman–Crippen LogP) is 1.16. The van der Waals surface area contributed by atoms with Crippen molar-refractivity contribution in [3.63, 3.8) is 0 Å². The van der Waals surface area contributed by atoms with Crippen LogP contribution in [0.1, 0.15) is 18.9 Å². The van der Waals surface area contributed by atoms with Crippen LogP contribution in [0.4, 0.5) is 5.69 Å². The van der Waals surface area contributed by atoms with E-state index in [9.17, 15) is 4.79 Å². The summed E-state index contributed by atoms with van der Waals surface area (Å²) in [6, 6.07) is 8.38. The second kappa shape index (κ2) is 4.75. The highest BCUT2D eigenvalue weighted by atomic mass is 16.2. The van der Waals surface area contributed by atoms with Crippen molar-refractivity contribution < 1.29 is 4.79 Å². The molecule has 0 aliphatic carbocycles. The Balaban J connectivity index is 2.18. The lowest BCUT2D eigenvalue weighted by atomic mass is 10.1. The van der Waals surface area contributed by atoms with Gasteiger partial charge in [0.05, 0.1) is 5.69 Å². The van der Waals surface area contributed by atoms with E-state index in [4.69, 9.17) is 5.73 Å². The topological polar surface area (TPSA) is 49.6 Å². The van der Waals surface area contributed by atoms with Crippen LogP contribution in [0.15, 0.2) is 24.3 Å². The van der Waals surface area contributed by atoms with Gasteiger partial charge in [0, 0.05) is 26.1 Å². The zero-order valence-corrected chi connectivity index (χ0v) is 10.4. The molecule has 4 nitrogen and oxygen atoms in total. The molecule has 92 valence electrons. The van der Waals surface area contributed by atoms with E-state index < -0.39 is 0 Å². The van der Waals surface area contributed by atoms with Gasteiger partial charge in [0.2, 0.25) is 5.91 Å². The Hall–Kier alpha value is -1.55. The Bertz CT molecular complexity index is 417. The second-order valence-corrected chi connectivity index (χ2v) is 4.64. The Kier molecular flexibility index (Phi) is 3.33. The van der Waals surface area contributed by atoms with Crippen molar-refractivity contribution in [3.05, 3.63) is 29.8 Å². The molecule has 2 rings (SSSR count). The smallest absolute Gasteiger partial charge is 0.242 e. The molecule has 1 amide bonds. The number of carbonyl (C=O) groups is 1. The first-order valence-corrected chi connectivity index (χ1v) is 5.96. The number of carbonyl (C=O) groups excluding carboxylic acids is 1. The second-order valence-electron chi connectivity index (χ2n) is 4.64. The van der Waals surface area contributed by atoms with Crippen molar-refractivity contribution in [2.24, 2.45) is 5.73 Å². The van der Waals surface area contributed by atoms with Crippen LogP contribution in [0.3, 0.4) is 0 Å². The number of amides is 1. The third kappa shape index (κ3) is 2.58. The highest BCUT2D eigenvalue weighted by Gasteiger charge is 2.25. The van der Waals surface area contributed by atoms with E-state index in [1.165, 1.54) is 5.56 Å². The predicted molar refractivity (Wildman–Crippen MR) is 68.5 cm³/mol. The maximum absolute atomic E-state index is 11.5. The van der Waals surface area contributed by atoms with Crippen molar-refractivity contribution in [1.82, 2.24) is 5.01 Å². The Labute approximate surface area is 102 Å². The average Bonchev–Trinajstić information content (AvgIpc) is 2.59. The molecule has 0 aromatic heterocycles. The fraction of sp³-hybridized carbons (Fsp3) is 0.462. The van der Waals surface area contributed by atoms with Crippen molar-refractivity contribution in [2.75, 3.05) is 18.6 Å². The standard InChI is InChI=1S/C13H19N3O/c1-10(14)8-11-4-3-5-12(9-11)16-7-6-13(17)15(16)2/h3-5,9-10H,6-8,14H2,1-2H3. The molecule has 1 heterocycles. The normalized spacial score (nSPS) is 17.7. The summed E-state index contributed by atoms with van der Waals surface area (Å²) in [5.41, 5.74) is 8.08. The van der Waals surface area contributed by atoms with Gasteiger partial charge in [-0.3, -0.25) is 14.8 Å². The SMILES string of the molecule is CC(N)Cc1cccc(N2CCC(=O)N2C)c1. The molecule has 1 aromatic carbocycles. The Morgan fingerprint density at radius 1 is 1.47 bits per heavy atom. The molecule has 1 saturated heterocycles. The summed E-state index contributed by atoms with van der Waals surface area (Å²) in [6.07, 6.45) is 1.45. The summed E-state index contributed by atoms with van der Waals surface area (Å²) in [6.45, 7) is 2.76. The van der Waals surface area contributed by atoms with Crippen LogP contribution in [0.25, 0.3) is 0 Å². The minimum atomic E-state index is 0.156. The number of benzene rings is 1. The van der Waals surface area contributed by atoms with Crippen LogP contribution >= 0.6 is 0 Å². The highest BCUT2D eigenvalue weighted by Crippen LogP contribution is 2.22. The summed E-state index contributed by atoms with van der Waals surface area (Å²) in [5.74, 6) is 0.169. The van der Waals surface area contributed by atoms with Gasteiger partial charge in [-0.25, -0.2) is 0 Å². The van der Waals surface area contributed by atoms with Gasteiger partial charge < -0.3 is 5.73 Å². The van der Waals surface area contributed by atoms with E-state index in [0.29, 0.717) is 6.42 Å². The van der Waals surface area contributed by atoms with Crippen LogP contribution in [0, 0.1) is 0 Å². The molecule has 17 heavy (non-hydrogen) atoms. The van der Waals surface area contributed by atoms with Gasteiger partial charge in [0.15, 0.2) is 0 Å². The van der Waals surface area contributed by atoms with E-state index in [1.807, 2.05) is 31.1 Å². The number of anilines is 1. The number of hydrogen-bond acceptors (Lipinski definition) is 3. The lowest BCUT2D eigenvalue weighted by Crippen LogP contribution is -2.35. The Morgan fingerprint density at radius 3 is 2.82 bits per heavy atom. The van der Waals surface area contributed by atoms with E-state index in [0.717, 1.165) is 18.7 Å². The fourth-order valence-electron chi connectivity index (χ4n) is 2.17. The maximum Gasteiger partial charge on any atom is 0.242 e. The molecular weight excluding hydrogens is 214 g/mol. The molecule has 2 N–H and O–H groups in total. The fourth-order valence-corrected chi connectivity index (χ4v) is 2.17.